The summed E-state index contributed by atoms with van der Waals surface area (Å²) in [7, 11) is 0. The summed E-state index contributed by atoms with van der Waals surface area (Å²) in [6.45, 7) is 2.45. The van der Waals surface area contributed by atoms with Gasteiger partial charge in [-0.15, -0.1) is 0 Å². The van der Waals surface area contributed by atoms with E-state index in [1.165, 1.54) is 0 Å². The van der Waals surface area contributed by atoms with Crippen LogP contribution >= 0.6 is 0 Å². The average Bonchev–Trinajstić information content (AvgIpc) is 3.13. The molecule has 6 rings (SSSR count). The second kappa shape index (κ2) is 7.42. The molecule has 4 N–H and O–H groups in total. The van der Waals surface area contributed by atoms with Gasteiger partial charge >= 0.3 is 0 Å². The number of amidine groups is 1. The van der Waals surface area contributed by atoms with E-state index in [1.807, 2.05) is 30.5 Å². The topological polar surface area (TPSA) is 99.7 Å². The summed E-state index contributed by atoms with van der Waals surface area (Å²) in [4.78, 5) is 15.9. The van der Waals surface area contributed by atoms with E-state index in [-0.39, 0.29) is 12.3 Å². The Bertz CT molecular complexity index is 1330. The van der Waals surface area contributed by atoms with E-state index in [0.29, 0.717) is 17.7 Å². The van der Waals surface area contributed by atoms with Crippen LogP contribution in [0.1, 0.15) is 25.3 Å². The standard InChI is InChI=1S/C26H26N6O/c1-26(19-12-16(13-19)15-33)31-23(24-25(27)29-10-11-32(24)26)18-6-5-17-7-8-21(30-22(17)14-18)20-4-2-3-9-28-20/h2-11,14,16,19,31,33H,12-13,15H2,1H3,(H2,27,29). The lowest BCUT2D eigenvalue weighted by atomic mass is 9.68. The molecule has 0 spiro atoms. The maximum Gasteiger partial charge on any atom is 0.149 e. The van der Waals surface area contributed by atoms with Gasteiger partial charge in [-0.1, -0.05) is 24.3 Å². The highest BCUT2D eigenvalue weighted by atomic mass is 16.3. The van der Waals surface area contributed by atoms with Crippen molar-refractivity contribution in [2.75, 3.05) is 6.61 Å². The van der Waals surface area contributed by atoms with Crippen molar-refractivity contribution in [3.8, 4) is 11.4 Å². The van der Waals surface area contributed by atoms with Crippen LogP contribution in [0.4, 0.5) is 0 Å². The maximum absolute atomic E-state index is 9.53. The van der Waals surface area contributed by atoms with E-state index in [9.17, 15) is 5.11 Å². The molecule has 1 fully saturated rings. The number of aliphatic hydroxyl groups excluding tert-OH is 1. The second-order valence-electron chi connectivity index (χ2n) is 9.21. The van der Waals surface area contributed by atoms with E-state index < -0.39 is 0 Å². The van der Waals surface area contributed by atoms with Crippen LogP contribution in [0.3, 0.4) is 0 Å². The highest BCUT2D eigenvalue weighted by Crippen LogP contribution is 2.48. The first-order valence-electron chi connectivity index (χ1n) is 11.3. The second-order valence-corrected chi connectivity index (χ2v) is 9.21. The number of aliphatic imine (C=N–C) groups is 1. The van der Waals surface area contributed by atoms with Gasteiger partial charge in [-0.3, -0.25) is 4.98 Å². The minimum atomic E-state index is -0.328. The van der Waals surface area contributed by atoms with Crippen molar-refractivity contribution >= 4 is 22.4 Å². The van der Waals surface area contributed by atoms with Crippen LogP contribution in [-0.2, 0) is 0 Å². The molecule has 166 valence electrons. The number of aromatic nitrogens is 2. The normalized spacial score (nSPS) is 26.1. The molecule has 7 heteroatoms. The van der Waals surface area contributed by atoms with Gasteiger partial charge in [0.2, 0.25) is 0 Å². The lowest BCUT2D eigenvalue weighted by molar-refractivity contribution is 0.00508. The quantitative estimate of drug-likeness (QED) is 0.577. The summed E-state index contributed by atoms with van der Waals surface area (Å²) < 4.78 is 0. The summed E-state index contributed by atoms with van der Waals surface area (Å²) in [5.74, 6) is 1.26. The Balaban J connectivity index is 1.42. The third kappa shape index (κ3) is 3.11. The van der Waals surface area contributed by atoms with Crippen LogP contribution in [0.15, 0.2) is 77.8 Å². The number of hydrogen-bond donors (Lipinski definition) is 3. The third-order valence-corrected chi connectivity index (χ3v) is 7.23. The third-order valence-electron chi connectivity index (χ3n) is 7.23. The molecule has 2 aromatic heterocycles. The van der Waals surface area contributed by atoms with Gasteiger partial charge in [0.15, 0.2) is 0 Å². The highest BCUT2D eigenvalue weighted by Gasteiger charge is 2.51. The first-order valence-corrected chi connectivity index (χ1v) is 11.3. The molecule has 0 bridgehead atoms. The van der Waals surface area contributed by atoms with Crippen molar-refractivity contribution in [3.63, 3.8) is 0 Å². The van der Waals surface area contributed by atoms with Crippen molar-refractivity contribution in [3.05, 3.63) is 78.4 Å². The van der Waals surface area contributed by atoms with Crippen molar-refractivity contribution < 1.29 is 5.11 Å². The molecule has 3 aromatic rings. The van der Waals surface area contributed by atoms with E-state index >= 15 is 0 Å². The molecule has 0 radical (unpaired) electrons. The molecule has 0 amide bonds. The Labute approximate surface area is 192 Å². The number of benzene rings is 1. The fraction of sp³-hybridized carbons (Fsp3) is 0.269. The van der Waals surface area contributed by atoms with Crippen molar-refractivity contribution in [1.29, 1.82) is 0 Å². The highest BCUT2D eigenvalue weighted by molar-refractivity contribution is 6.05. The molecule has 1 aromatic carbocycles. The first kappa shape index (κ1) is 19.9. The predicted molar refractivity (Wildman–Crippen MR) is 129 cm³/mol. The van der Waals surface area contributed by atoms with Crippen LogP contribution in [0.2, 0.25) is 0 Å². The smallest absolute Gasteiger partial charge is 0.149 e. The molecule has 3 aliphatic rings. The van der Waals surface area contributed by atoms with E-state index in [2.05, 4.69) is 51.4 Å². The molecule has 1 aliphatic carbocycles. The number of hydrogen-bond acceptors (Lipinski definition) is 7. The number of nitrogens with one attached hydrogen (secondary N) is 1. The Morgan fingerprint density at radius 1 is 1.15 bits per heavy atom. The van der Waals surface area contributed by atoms with Crippen molar-refractivity contribution in [2.45, 2.75) is 25.4 Å². The number of fused-ring (bicyclic) bond motifs is 2. The zero-order valence-electron chi connectivity index (χ0n) is 18.4. The van der Waals surface area contributed by atoms with E-state index in [0.717, 1.165) is 52.1 Å². The Morgan fingerprint density at radius 2 is 2.00 bits per heavy atom. The molecule has 1 unspecified atom stereocenters. The molecule has 7 nitrogen and oxygen atoms in total. The molecule has 33 heavy (non-hydrogen) atoms. The van der Waals surface area contributed by atoms with Crippen LogP contribution in [0, 0.1) is 11.8 Å². The van der Waals surface area contributed by atoms with Gasteiger partial charge in [0.05, 0.1) is 22.6 Å². The average molecular weight is 439 g/mol. The van der Waals surface area contributed by atoms with Gasteiger partial charge in [-0.05, 0) is 49.9 Å². The first-order chi connectivity index (χ1) is 16.1. The number of nitrogens with zero attached hydrogens (tertiary/aromatic N) is 4. The van der Waals surface area contributed by atoms with Crippen molar-refractivity contribution in [2.24, 2.45) is 22.6 Å². The van der Waals surface area contributed by atoms with Crippen LogP contribution in [0.5, 0.6) is 0 Å². The molecule has 0 saturated heterocycles. The Kier molecular flexibility index (Phi) is 4.48. The molecule has 2 aliphatic heterocycles. The molecule has 4 heterocycles. The lowest BCUT2D eigenvalue weighted by Crippen LogP contribution is -2.58. The van der Waals surface area contributed by atoms with Crippen LogP contribution < -0.4 is 11.1 Å². The molecule has 1 atom stereocenters. The SMILES string of the molecule is CC1(C2CC(CO)C2)NC(c2ccc3ccc(-c4ccccn4)nc3c2)=C2C(N)=NC=CN21. The summed E-state index contributed by atoms with van der Waals surface area (Å²) in [5, 5.41) is 14.4. The lowest BCUT2D eigenvalue weighted by Gasteiger charge is -2.49. The Morgan fingerprint density at radius 3 is 2.79 bits per heavy atom. The minimum Gasteiger partial charge on any atom is -0.396 e. The van der Waals surface area contributed by atoms with Crippen LogP contribution in [0.25, 0.3) is 28.0 Å². The zero-order chi connectivity index (χ0) is 22.6. The predicted octanol–water partition coefficient (Wildman–Crippen LogP) is 3.45. The Hall–Kier alpha value is -3.71. The maximum atomic E-state index is 9.53. The fourth-order valence-electron chi connectivity index (χ4n) is 5.23. The molecule has 1 saturated carbocycles. The van der Waals surface area contributed by atoms with Crippen molar-refractivity contribution in [1.82, 2.24) is 20.2 Å². The van der Waals surface area contributed by atoms with E-state index in [1.54, 1.807) is 12.4 Å². The van der Waals surface area contributed by atoms with Gasteiger partial charge in [0.25, 0.3) is 0 Å². The largest absolute Gasteiger partial charge is 0.396 e. The minimum absolute atomic E-state index is 0.244. The van der Waals surface area contributed by atoms with Gasteiger partial charge in [0, 0.05) is 42.1 Å². The fourth-order valence-corrected chi connectivity index (χ4v) is 5.23. The van der Waals surface area contributed by atoms with Gasteiger partial charge in [-0.2, -0.15) is 0 Å². The summed E-state index contributed by atoms with van der Waals surface area (Å²) >= 11 is 0. The molecular formula is C26H26N6O. The summed E-state index contributed by atoms with van der Waals surface area (Å²) in [6, 6.07) is 16.2. The number of aliphatic hydroxyl groups is 1. The number of rotatable bonds is 4. The summed E-state index contributed by atoms with van der Waals surface area (Å²) in [5.41, 5.74) is 11.5. The zero-order valence-corrected chi connectivity index (χ0v) is 18.4. The molecular weight excluding hydrogens is 412 g/mol. The van der Waals surface area contributed by atoms with E-state index in [4.69, 9.17) is 10.7 Å². The summed E-state index contributed by atoms with van der Waals surface area (Å²) in [6.07, 6.45) is 7.49. The number of nitrogens with two attached hydrogens (primary N) is 1. The van der Waals surface area contributed by atoms with Crippen LogP contribution in [-0.4, -0.2) is 38.1 Å². The number of pyridine rings is 2. The van der Waals surface area contributed by atoms with Gasteiger partial charge in [-0.25, -0.2) is 9.98 Å². The monoisotopic (exact) mass is 438 g/mol. The van der Waals surface area contributed by atoms with Gasteiger partial charge in [0.1, 0.15) is 17.2 Å². The van der Waals surface area contributed by atoms with Gasteiger partial charge < -0.3 is 21.1 Å².